The molecule has 0 saturated carbocycles. The number of aliphatic hydroxyl groups excluding tert-OH is 1. The van der Waals surface area contributed by atoms with Crippen LogP contribution in [0.15, 0.2) is 48.0 Å². The highest BCUT2D eigenvalue weighted by Gasteiger charge is 2.46. The lowest BCUT2D eigenvalue weighted by atomic mass is 9.93. The first-order valence-electron chi connectivity index (χ1n) is 11.1. The molecule has 9 heteroatoms. The fourth-order valence-electron chi connectivity index (χ4n) is 4.23. The Labute approximate surface area is 198 Å². The molecule has 9 nitrogen and oxygen atoms in total. The number of ketones is 1. The molecule has 1 unspecified atom stereocenters. The number of likely N-dealkylation sites (tertiary alicyclic amines) is 1. The first kappa shape index (κ1) is 24.9. The van der Waals surface area contributed by atoms with Gasteiger partial charge in [0.15, 0.2) is 0 Å². The van der Waals surface area contributed by atoms with Gasteiger partial charge in [0, 0.05) is 30.8 Å². The van der Waals surface area contributed by atoms with Crippen LogP contribution < -0.4 is 4.74 Å². The standard InChI is InChI=1S/C25H29N3O6/c1-5-26(6-2)12-13-27-22(17-8-7-9-18(15-17)28(32)33)21(24(30)25(27)31)23(29)20-11-10-19(34-4)14-16(20)3/h7-11,14-15,22,29H,5-6,12-13H2,1-4H3. The second-order valence-electron chi connectivity index (χ2n) is 8.05. The van der Waals surface area contributed by atoms with Crippen LogP contribution in [0.5, 0.6) is 5.75 Å². The second-order valence-corrected chi connectivity index (χ2v) is 8.05. The molecule has 1 heterocycles. The summed E-state index contributed by atoms with van der Waals surface area (Å²) in [5, 5.41) is 22.6. The molecule has 0 bridgehead atoms. The van der Waals surface area contributed by atoms with E-state index in [0.29, 0.717) is 29.0 Å². The molecular weight excluding hydrogens is 438 g/mol. The molecule has 3 rings (SSSR count). The van der Waals surface area contributed by atoms with E-state index in [0.717, 1.165) is 13.1 Å². The van der Waals surface area contributed by atoms with Crippen LogP contribution in [-0.2, 0) is 9.59 Å². The van der Waals surface area contributed by atoms with E-state index >= 15 is 0 Å². The van der Waals surface area contributed by atoms with Crippen LogP contribution in [-0.4, -0.2) is 64.8 Å². The van der Waals surface area contributed by atoms with E-state index in [2.05, 4.69) is 4.90 Å². The summed E-state index contributed by atoms with van der Waals surface area (Å²) < 4.78 is 5.22. The van der Waals surface area contributed by atoms with Gasteiger partial charge < -0.3 is 19.6 Å². The molecule has 34 heavy (non-hydrogen) atoms. The van der Waals surface area contributed by atoms with Crippen LogP contribution in [0.3, 0.4) is 0 Å². The van der Waals surface area contributed by atoms with Crippen LogP contribution in [0.1, 0.15) is 36.6 Å². The van der Waals surface area contributed by atoms with Crippen molar-refractivity contribution in [1.82, 2.24) is 9.80 Å². The van der Waals surface area contributed by atoms with E-state index in [4.69, 9.17) is 4.74 Å². The Morgan fingerprint density at radius 2 is 1.88 bits per heavy atom. The fourth-order valence-corrected chi connectivity index (χ4v) is 4.23. The maximum Gasteiger partial charge on any atom is 0.295 e. The summed E-state index contributed by atoms with van der Waals surface area (Å²) in [6, 6.07) is 9.87. The lowest BCUT2D eigenvalue weighted by Gasteiger charge is -2.28. The number of likely N-dealkylation sites (N-methyl/N-ethyl adjacent to an activating group) is 1. The van der Waals surface area contributed by atoms with Crippen LogP contribution in [0.4, 0.5) is 5.69 Å². The number of methoxy groups -OCH3 is 1. The van der Waals surface area contributed by atoms with Crippen molar-refractivity contribution in [3.8, 4) is 5.75 Å². The van der Waals surface area contributed by atoms with Crippen molar-refractivity contribution >= 4 is 23.1 Å². The Hall–Kier alpha value is -3.72. The van der Waals surface area contributed by atoms with Crippen LogP contribution >= 0.6 is 0 Å². The summed E-state index contributed by atoms with van der Waals surface area (Å²) in [6.45, 7) is 8.06. The van der Waals surface area contributed by atoms with Crippen molar-refractivity contribution in [3.05, 3.63) is 74.8 Å². The lowest BCUT2D eigenvalue weighted by Crippen LogP contribution is -2.38. The van der Waals surface area contributed by atoms with E-state index < -0.39 is 22.7 Å². The fraction of sp³-hybridized carbons (Fsp3) is 0.360. The molecule has 0 aromatic heterocycles. The number of non-ortho nitro benzene ring substituents is 1. The average Bonchev–Trinajstić information content (AvgIpc) is 3.09. The zero-order chi connectivity index (χ0) is 25.0. The number of nitrogens with zero attached hydrogens (tertiary/aromatic N) is 3. The SMILES string of the molecule is CCN(CC)CCN1C(=O)C(=O)C(=C(O)c2ccc(OC)cc2C)C1c1cccc([N+](=O)[O-])c1. The maximum atomic E-state index is 13.2. The molecule has 1 saturated heterocycles. The van der Waals surface area contributed by atoms with Gasteiger partial charge in [0.05, 0.1) is 23.6 Å². The Balaban J connectivity index is 2.17. The second kappa shape index (κ2) is 10.5. The van der Waals surface area contributed by atoms with E-state index in [1.54, 1.807) is 31.2 Å². The number of nitro groups is 1. The average molecular weight is 468 g/mol. The summed E-state index contributed by atoms with van der Waals surface area (Å²) in [5.41, 5.74) is 1.19. The summed E-state index contributed by atoms with van der Waals surface area (Å²) in [4.78, 5) is 40.6. The number of aliphatic hydroxyl groups is 1. The van der Waals surface area contributed by atoms with Crippen molar-refractivity contribution in [3.63, 3.8) is 0 Å². The van der Waals surface area contributed by atoms with Crippen molar-refractivity contribution in [2.45, 2.75) is 26.8 Å². The summed E-state index contributed by atoms with van der Waals surface area (Å²) in [7, 11) is 1.53. The quantitative estimate of drug-likeness (QED) is 0.197. The van der Waals surface area contributed by atoms with Gasteiger partial charge in [-0.2, -0.15) is 0 Å². The third kappa shape index (κ3) is 4.79. The molecule has 1 aliphatic rings. The van der Waals surface area contributed by atoms with Gasteiger partial charge in [-0.15, -0.1) is 0 Å². The van der Waals surface area contributed by atoms with Gasteiger partial charge in [-0.05, 0) is 49.3 Å². The Morgan fingerprint density at radius 1 is 1.18 bits per heavy atom. The summed E-state index contributed by atoms with van der Waals surface area (Å²) in [5.74, 6) is -1.29. The van der Waals surface area contributed by atoms with E-state index in [1.165, 1.54) is 30.2 Å². The van der Waals surface area contributed by atoms with Gasteiger partial charge in [0.25, 0.3) is 17.4 Å². The molecule has 0 spiro atoms. The molecule has 180 valence electrons. The first-order valence-corrected chi connectivity index (χ1v) is 11.1. The zero-order valence-corrected chi connectivity index (χ0v) is 19.8. The van der Waals surface area contributed by atoms with Crippen molar-refractivity contribution in [2.75, 3.05) is 33.3 Å². The lowest BCUT2D eigenvalue weighted by molar-refractivity contribution is -0.384. The number of nitro benzene ring substituents is 1. The monoisotopic (exact) mass is 467 g/mol. The molecule has 0 aliphatic carbocycles. The normalized spacial score (nSPS) is 17.4. The highest BCUT2D eigenvalue weighted by molar-refractivity contribution is 6.46. The van der Waals surface area contributed by atoms with Crippen LogP contribution in [0, 0.1) is 17.0 Å². The molecular formula is C25H29N3O6. The minimum Gasteiger partial charge on any atom is -0.507 e. The molecule has 1 amide bonds. The number of carbonyl (C=O) groups is 2. The van der Waals surface area contributed by atoms with E-state index in [1.807, 2.05) is 13.8 Å². The Morgan fingerprint density at radius 3 is 2.47 bits per heavy atom. The number of hydrogen-bond donors (Lipinski definition) is 1. The largest absolute Gasteiger partial charge is 0.507 e. The predicted octanol–water partition coefficient (Wildman–Crippen LogP) is 3.68. The number of amides is 1. The molecule has 2 aromatic rings. The van der Waals surface area contributed by atoms with E-state index in [9.17, 15) is 24.8 Å². The number of ether oxygens (including phenoxy) is 1. The number of rotatable bonds is 9. The van der Waals surface area contributed by atoms with Crippen molar-refractivity contribution in [1.29, 1.82) is 0 Å². The van der Waals surface area contributed by atoms with Crippen LogP contribution in [0.25, 0.3) is 5.76 Å². The topological polar surface area (TPSA) is 113 Å². The van der Waals surface area contributed by atoms with Gasteiger partial charge in [-0.25, -0.2) is 0 Å². The van der Waals surface area contributed by atoms with Gasteiger partial charge >= 0.3 is 0 Å². The number of hydrogen-bond acceptors (Lipinski definition) is 7. The summed E-state index contributed by atoms with van der Waals surface area (Å²) >= 11 is 0. The highest BCUT2D eigenvalue weighted by atomic mass is 16.6. The van der Waals surface area contributed by atoms with Gasteiger partial charge in [-0.3, -0.25) is 19.7 Å². The number of benzene rings is 2. The Kier molecular flexibility index (Phi) is 7.68. The maximum absolute atomic E-state index is 13.2. The predicted molar refractivity (Wildman–Crippen MR) is 128 cm³/mol. The highest BCUT2D eigenvalue weighted by Crippen LogP contribution is 2.40. The van der Waals surface area contributed by atoms with Gasteiger partial charge in [0.1, 0.15) is 11.5 Å². The zero-order valence-electron chi connectivity index (χ0n) is 19.8. The third-order valence-corrected chi connectivity index (χ3v) is 6.18. The minimum atomic E-state index is -0.947. The first-order chi connectivity index (χ1) is 16.2. The molecule has 1 N–H and O–H groups in total. The van der Waals surface area contributed by atoms with Gasteiger partial charge in [-0.1, -0.05) is 26.0 Å². The van der Waals surface area contributed by atoms with Gasteiger partial charge in [0.2, 0.25) is 0 Å². The van der Waals surface area contributed by atoms with Crippen LogP contribution in [0.2, 0.25) is 0 Å². The molecule has 0 radical (unpaired) electrons. The van der Waals surface area contributed by atoms with Crippen molar-refractivity contribution < 1.29 is 24.4 Å². The number of Topliss-reactive ketones (excluding diaryl/α,β-unsaturated/α-hetero) is 1. The molecule has 2 aromatic carbocycles. The number of carbonyl (C=O) groups excluding carboxylic acids is 2. The van der Waals surface area contributed by atoms with E-state index in [-0.39, 0.29) is 23.6 Å². The Bertz CT molecular complexity index is 1140. The third-order valence-electron chi connectivity index (χ3n) is 6.18. The number of aryl methyl sites for hydroxylation is 1. The molecule has 1 atom stereocenters. The molecule has 1 fully saturated rings. The summed E-state index contributed by atoms with van der Waals surface area (Å²) in [6.07, 6.45) is 0. The smallest absolute Gasteiger partial charge is 0.295 e. The minimum absolute atomic E-state index is 0.0849. The van der Waals surface area contributed by atoms with Crippen molar-refractivity contribution in [2.24, 2.45) is 0 Å². The molecule has 1 aliphatic heterocycles.